The molecule has 0 heterocycles. The maximum Gasteiger partial charge on any atom is 0.00828 e. The van der Waals surface area contributed by atoms with E-state index >= 15 is 0 Å². The molecule has 36 heavy (non-hydrogen) atoms. The number of fused-ring (bicyclic) bond motifs is 1. The summed E-state index contributed by atoms with van der Waals surface area (Å²) >= 11 is 0. The predicted molar refractivity (Wildman–Crippen MR) is 157 cm³/mol. The van der Waals surface area contributed by atoms with Crippen LogP contribution in [0.2, 0.25) is 0 Å². The fourth-order valence-electron chi connectivity index (χ4n) is 7.12. The zero-order valence-corrected chi connectivity index (χ0v) is 23.0. The van der Waals surface area contributed by atoms with Gasteiger partial charge in [-0.2, -0.15) is 0 Å². The summed E-state index contributed by atoms with van der Waals surface area (Å²) in [5, 5.41) is 0. The van der Waals surface area contributed by atoms with E-state index in [0.29, 0.717) is 17.8 Å². The van der Waals surface area contributed by atoms with Crippen molar-refractivity contribution in [1.82, 2.24) is 0 Å². The van der Waals surface area contributed by atoms with Gasteiger partial charge in [-0.25, -0.2) is 0 Å². The van der Waals surface area contributed by atoms with Crippen molar-refractivity contribution in [3.63, 3.8) is 0 Å². The minimum Gasteiger partial charge on any atom is -0.0986 e. The van der Waals surface area contributed by atoms with Crippen LogP contribution in [0.4, 0.5) is 0 Å². The maximum atomic E-state index is 4.55. The van der Waals surface area contributed by atoms with Crippen LogP contribution in [0.25, 0.3) is 17.2 Å². The summed E-state index contributed by atoms with van der Waals surface area (Å²) in [5.74, 6) is 2.24. The van der Waals surface area contributed by atoms with Gasteiger partial charge in [0.25, 0.3) is 0 Å². The summed E-state index contributed by atoms with van der Waals surface area (Å²) in [6, 6.07) is 11.8. The van der Waals surface area contributed by atoms with E-state index in [9.17, 15) is 0 Å². The lowest BCUT2D eigenvalue weighted by Crippen LogP contribution is -2.21. The van der Waals surface area contributed by atoms with E-state index in [1.54, 1.807) is 5.56 Å². The highest BCUT2D eigenvalue weighted by molar-refractivity contribution is 5.80. The second-order valence-electron chi connectivity index (χ2n) is 12.2. The molecule has 3 aliphatic carbocycles. The molecule has 0 nitrogen and oxygen atoms in total. The molecule has 0 saturated heterocycles. The molecule has 0 radical (unpaired) electrons. The predicted octanol–water partition coefficient (Wildman–Crippen LogP) is 9.99. The molecule has 2 atom stereocenters. The average molecular weight is 477 g/mol. The Balaban J connectivity index is 1.43. The Morgan fingerprint density at radius 3 is 2.47 bits per heavy atom. The smallest absolute Gasteiger partial charge is 0.00828 e. The van der Waals surface area contributed by atoms with Crippen molar-refractivity contribution in [2.24, 2.45) is 23.7 Å². The Morgan fingerprint density at radius 2 is 1.72 bits per heavy atom. The van der Waals surface area contributed by atoms with Gasteiger partial charge < -0.3 is 0 Å². The zero-order valence-electron chi connectivity index (χ0n) is 23.0. The van der Waals surface area contributed by atoms with Gasteiger partial charge in [-0.05, 0) is 83.9 Å². The van der Waals surface area contributed by atoms with Gasteiger partial charge in [0.1, 0.15) is 0 Å². The lowest BCUT2D eigenvalue weighted by Gasteiger charge is -2.32. The van der Waals surface area contributed by atoms with E-state index in [4.69, 9.17) is 0 Å². The Bertz CT molecular complexity index is 1220. The summed E-state index contributed by atoms with van der Waals surface area (Å²) in [4.78, 5) is 0. The van der Waals surface area contributed by atoms with E-state index in [1.165, 1.54) is 88.6 Å². The number of hydrogen-bond donors (Lipinski definition) is 0. The van der Waals surface area contributed by atoms with E-state index < -0.39 is 0 Å². The van der Waals surface area contributed by atoms with Crippen LogP contribution >= 0.6 is 0 Å². The highest BCUT2D eigenvalue weighted by atomic mass is 14.3. The number of allylic oxidation sites excluding steroid dienone is 5. The van der Waals surface area contributed by atoms with Crippen LogP contribution in [0.15, 0.2) is 72.4 Å². The third-order valence-corrected chi connectivity index (χ3v) is 9.13. The Hall–Kier alpha value is -2.60. The molecular weight excluding hydrogens is 432 g/mol. The molecule has 0 aromatic heterocycles. The summed E-state index contributed by atoms with van der Waals surface area (Å²) < 4.78 is 0. The molecule has 2 aromatic carbocycles. The standard InChI is InChI=1S/C36H44/c1-23(2)31-16-15-25(4)33(27(31)6)21-29-19-30-13-10-14-32(35(30)22-29)36-18-24(3)17-26(5)34(36)20-28-11-8-7-9-12-28/h10,13-19,23,28,31,33H,4,6-9,11-12,20-22H2,1-3,5H3. The van der Waals surface area contributed by atoms with Crippen molar-refractivity contribution >= 4 is 6.08 Å². The van der Waals surface area contributed by atoms with Crippen LogP contribution in [-0.4, -0.2) is 0 Å². The first kappa shape index (κ1) is 25.1. The van der Waals surface area contributed by atoms with E-state index in [2.05, 4.69) is 89.4 Å². The molecule has 0 aliphatic heterocycles. The fourth-order valence-corrected chi connectivity index (χ4v) is 7.12. The van der Waals surface area contributed by atoms with Crippen LogP contribution in [0, 0.1) is 37.5 Å². The Kier molecular flexibility index (Phi) is 7.25. The van der Waals surface area contributed by atoms with Crippen molar-refractivity contribution in [3.8, 4) is 11.1 Å². The summed E-state index contributed by atoms with van der Waals surface area (Å²) in [7, 11) is 0. The number of hydrogen-bond acceptors (Lipinski definition) is 0. The zero-order chi connectivity index (χ0) is 25.4. The summed E-state index contributed by atoms with van der Waals surface area (Å²) in [5.41, 5.74) is 14.4. The molecule has 0 bridgehead atoms. The van der Waals surface area contributed by atoms with Crippen molar-refractivity contribution < 1.29 is 0 Å². The first-order valence-corrected chi connectivity index (χ1v) is 14.3. The molecule has 0 amide bonds. The highest BCUT2D eigenvalue weighted by Crippen LogP contribution is 2.43. The summed E-state index contributed by atoms with van der Waals surface area (Å²) in [6.45, 7) is 18.2. The first-order valence-electron chi connectivity index (χ1n) is 14.3. The van der Waals surface area contributed by atoms with Crippen molar-refractivity contribution in [2.75, 3.05) is 0 Å². The quantitative estimate of drug-likeness (QED) is 0.364. The van der Waals surface area contributed by atoms with Crippen molar-refractivity contribution in [3.05, 3.63) is 100 Å². The van der Waals surface area contributed by atoms with Gasteiger partial charge in [-0.1, -0.05) is 124 Å². The Morgan fingerprint density at radius 1 is 0.944 bits per heavy atom. The first-order chi connectivity index (χ1) is 17.3. The van der Waals surface area contributed by atoms with Crippen LogP contribution in [0.5, 0.6) is 0 Å². The van der Waals surface area contributed by atoms with Crippen LogP contribution in [0.1, 0.15) is 80.2 Å². The number of benzene rings is 2. The van der Waals surface area contributed by atoms with Gasteiger partial charge in [0.15, 0.2) is 0 Å². The molecule has 2 unspecified atom stereocenters. The van der Waals surface area contributed by atoms with E-state index in [-0.39, 0.29) is 0 Å². The van der Waals surface area contributed by atoms with Gasteiger partial charge in [0.05, 0.1) is 0 Å². The normalized spacial score (nSPS) is 22.3. The van der Waals surface area contributed by atoms with Gasteiger partial charge in [-0.15, -0.1) is 0 Å². The monoisotopic (exact) mass is 476 g/mol. The molecule has 0 heteroatoms. The molecule has 3 aliphatic rings. The van der Waals surface area contributed by atoms with Gasteiger partial charge in [0.2, 0.25) is 0 Å². The minimum absolute atomic E-state index is 0.356. The minimum atomic E-state index is 0.356. The third-order valence-electron chi connectivity index (χ3n) is 9.13. The second-order valence-corrected chi connectivity index (χ2v) is 12.2. The SMILES string of the molecule is C=C1C=CC(C(C)C)C(=C)C1CC1=Cc2cccc(-c3cc(C)cc(C)c3CC3CCCCC3)c2C1. The van der Waals surface area contributed by atoms with Crippen molar-refractivity contribution in [2.45, 2.75) is 79.1 Å². The highest BCUT2D eigenvalue weighted by Gasteiger charge is 2.29. The average Bonchev–Trinajstić information content (AvgIpc) is 3.26. The van der Waals surface area contributed by atoms with Crippen LogP contribution < -0.4 is 0 Å². The fraction of sp³-hybridized carbons (Fsp3) is 0.444. The topological polar surface area (TPSA) is 0 Å². The van der Waals surface area contributed by atoms with E-state index in [1.807, 2.05) is 0 Å². The molecule has 188 valence electrons. The van der Waals surface area contributed by atoms with Crippen molar-refractivity contribution in [1.29, 1.82) is 0 Å². The Labute approximate surface area is 219 Å². The van der Waals surface area contributed by atoms with E-state index in [0.717, 1.165) is 18.8 Å². The van der Waals surface area contributed by atoms with Crippen LogP contribution in [0.3, 0.4) is 0 Å². The number of aryl methyl sites for hydroxylation is 2. The third kappa shape index (κ3) is 4.97. The number of rotatable bonds is 6. The molecule has 1 saturated carbocycles. The lowest BCUT2D eigenvalue weighted by atomic mass is 9.72. The lowest BCUT2D eigenvalue weighted by molar-refractivity contribution is 0.356. The van der Waals surface area contributed by atoms with Crippen LogP contribution in [-0.2, 0) is 12.8 Å². The molecular formula is C36H44. The molecule has 0 N–H and O–H groups in total. The maximum absolute atomic E-state index is 4.55. The van der Waals surface area contributed by atoms with Gasteiger partial charge in [-0.3, -0.25) is 0 Å². The molecule has 2 aromatic rings. The van der Waals surface area contributed by atoms with Gasteiger partial charge in [0, 0.05) is 11.8 Å². The largest absolute Gasteiger partial charge is 0.0986 e. The van der Waals surface area contributed by atoms with Gasteiger partial charge >= 0.3 is 0 Å². The summed E-state index contributed by atoms with van der Waals surface area (Å²) in [6.07, 6.45) is 17.4. The second kappa shape index (κ2) is 10.4. The molecule has 5 rings (SSSR count). The molecule has 1 fully saturated rings. The molecule has 0 spiro atoms.